The third kappa shape index (κ3) is 3.15. The van der Waals surface area contributed by atoms with Crippen LogP contribution in [-0.4, -0.2) is 13.1 Å². The number of ether oxygens (including phenoxy) is 1. The molecule has 2 aromatic rings. The molecule has 0 aliphatic carbocycles. The maximum atomic E-state index is 11.7. The fourth-order valence-electron chi connectivity index (χ4n) is 2.20. The number of carbonyl (C=O) groups is 1. The van der Waals surface area contributed by atoms with Crippen LogP contribution in [-0.2, 0) is 16.0 Å². The minimum atomic E-state index is -0.338. The molecule has 0 saturated carbocycles. The second-order valence-corrected chi connectivity index (χ2v) is 4.46. The van der Waals surface area contributed by atoms with Gasteiger partial charge >= 0.3 is 5.97 Å². The van der Waals surface area contributed by atoms with E-state index >= 15 is 0 Å². The van der Waals surface area contributed by atoms with Gasteiger partial charge in [-0.25, -0.2) is 4.79 Å². The van der Waals surface area contributed by atoms with Crippen molar-refractivity contribution in [2.45, 2.75) is 13.3 Å². The van der Waals surface area contributed by atoms with E-state index in [0.29, 0.717) is 0 Å². The average Bonchev–Trinajstić information content (AvgIpc) is 2.53. The second-order valence-electron chi connectivity index (χ2n) is 4.46. The molecule has 0 aromatic heterocycles. The molecule has 0 atom stereocenters. The Morgan fingerprint density at radius 2 is 1.70 bits per heavy atom. The summed E-state index contributed by atoms with van der Waals surface area (Å²) in [5.74, 6) is -0.338. The molecule has 0 aliphatic rings. The summed E-state index contributed by atoms with van der Waals surface area (Å²) in [6, 6.07) is 18.0. The molecule has 0 spiro atoms. The van der Waals surface area contributed by atoms with Gasteiger partial charge in [-0.1, -0.05) is 61.5 Å². The van der Waals surface area contributed by atoms with Gasteiger partial charge < -0.3 is 4.74 Å². The van der Waals surface area contributed by atoms with Crippen molar-refractivity contribution in [3.8, 4) is 0 Å². The number of rotatable bonds is 4. The Morgan fingerprint density at radius 3 is 2.35 bits per heavy atom. The summed E-state index contributed by atoms with van der Waals surface area (Å²) in [4.78, 5) is 11.7. The SMILES string of the molecule is CCc1ccccc1/C(=C/C(=O)OC)c1ccccc1. The van der Waals surface area contributed by atoms with Crippen LogP contribution in [0.3, 0.4) is 0 Å². The van der Waals surface area contributed by atoms with Gasteiger partial charge in [-0.15, -0.1) is 0 Å². The normalized spacial score (nSPS) is 11.2. The fourth-order valence-corrected chi connectivity index (χ4v) is 2.20. The van der Waals surface area contributed by atoms with Crippen LogP contribution in [0.15, 0.2) is 60.7 Å². The molecular weight excluding hydrogens is 248 g/mol. The number of aryl methyl sites for hydroxylation is 1. The number of benzene rings is 2. The van der Waals surface area contributed by atoms with Crippen LogP contribution in [0, 0.1) is 0 Å². The van der Waals surface area contributed by atoms with Gasteiger partial charge in [0.1, 0.15) is 0 Å². The van der Waals surface area contributed by atoms with E-state index < -0.39 is 0 Å². The van der Waals surface area contributed by atoms with Gasteiger partial charge in [0.15, 0.2) is 0 Å². The van der Waals surface area contributed by atoms with Crippen LogP contribution in [0.2, 0.25) is 0 Å². The quantitative estimate of drug-likeness (QED) is 0.620. The average molecular weight is 266 g/mol. The Balaban J connectivity index is 2.58. The Kier molecular flexibility index (Phi) is 4.72. The predicted octanol–water partition coefficient (Wildman–Crippen LogP) is 3.85. The zero-order valence-corrected chi connectivity index (χ0v) is 11.8. The maximum Gasteiger partial charge on any atom is 0.331 e. The molecule has 0 radical (unpaired) electrons. The van der Waals surface area contributed by atoms with Gasteiger partial charge in [0, 0.05) is 6.08 Å². The zero-order chi connectivity index (χ0) is 14.4. The largest absolute Gasteiger partial charge is 0.466 e. The van der Waals surface area contributed by atoms with Crippen LogP contribution in [0.4, 0.5) is 0 Å². The zero-order valence-electron chi connectivity index (χ0n) is 11.8. The molecule has 0 saturated heterocycles. The minimum Gasteiger partial charge on any atom is -0.466 e. The third-order valence-electron chi connectivity index (χ3n) is 3.24. The summed E-state index contributed by atoms with van der Waals surface area (Å²) in [7, 11) is 1.40. The van der Waals surface area contributed by atoms with E-state index in [1.807, 2.05) is 48.5 Å². The molecule has 20 heavy (non-hydrogen) atoms. The van der Waals surface area contributed by atoms with Crippen molar-refractivity contribution in [2.24, 2.45) is 0 Å². The lowest BCUT2D eigenvalue weighted by atomic mass is 9.92. The summed E-state index contributed by atoms with van der Waals surface area (Å²) in [5.41, 5.74) is 4.20. The summed E-state index contributed by atoms with van der Waals surface area (Å²) in [6.45, 7) is 2.11. The van der Waals surface area contributed by atoms with E-state index in [9.17, 15) is 4.79 Å². The molecule has 0 bridgehead atoms. The number of methoxy groups -OCH3 is 1. The smallest absolute Gasteiger partial charge is 0.331 e. The molecule has 2 nitrogen and oxygen atoms in total. The first-order valence-electron chi connectivity index (χ1n) is 6.69. The van der Waals surface area contributed by atoms with E-state index in [1.165, 1.54) is 12.7 Å². The lowest BCUT2D eigenvalue weighted by Gasteiger charge is -2.12. The van der Waals surface area contributed by atoms with Crippen LogP contribution in [0.1, 0.15) is 23.6 Å². The number of esters is 1. The van der Waals surface area contributed by atoms with Crippen LogP contribution >= 0.6 is 0 Å². The van der Waals surface area contributed by atoms with E-state index in [0.717, 1.165) is 23.1 Å². The van der Waals surface area contributed by atoms with E-state index in [1.54, 1.807) is 6.08 Å². The Labute approximate surface area is 119 Å². The minimum absolute atomic E-state index is 0.338. The van der Waals surface area contributed by atoms with Crippen molar-refractivity contribution < 1.29 is 9.53 Å². The summed E-state index contributed by atoms with van der Waals surface area (Å²) in [6.07, 6.45) is 2.48. The molecule has 0 aliphatic heterocycles. The van der Waals surface area contributed by atoms with Crippen LogP contribution < -0.4 is 0 Å². The molecule has 2 aromatic carbocycles. The van der Waals surface area contributed by atoms with Crippen molar-refractivity contribution in [2.75, 3.05) is 7.11 Å². The third-order valence-corrected chi connectivity index (χ3v) is 3.24. The molecule has 0 fully saturated rings. The standard InChI is InChI=1S/C18H18O2/c1-3-14-9-7-8-12-16(14)17(13-18(19)20-2)15-10-5-4-6-11-15/h4-13H,3H2,1-2H3/b17-13+. The lowest BCUT2D eigenvalue weighted by molar-refractivity contribution is -0.134. The van der Waals surface area contributed by atoms with Gasteiger partial charge in [0.2, 0.25) is 0 Å². The number of carbonyl (C=O) groups excluding carboxylic acids is 1. The van der Waals surface area contributed by atoms with Crippen molar-refractivity contribution in [1.82, 2.24) is 0 Å². The molecule has 2 rings (SSSR count). The van der Waals surface area contributed by atoms with E-state index in [4.69, 9.17) is 4.74 Å². The Hall–Kier alpha value is -2.35. The molecular formula is C18H18O2. The van der Waals surface area contributed by atoms with Gasteiger partial charge in [-0.3, -0.25) is 0 Å². The van der Waals surface area contributed by atoms with Gasteiger partial charge in [0.05, 0.1) is 7.11 Å². The highest BCUT2D eigenvalue weighted by molar-refractivity contribution is 5.96. The maximum absolute atomic E-state index is 11.7. The Morgan fingerprint density at radius 1 is 1.05 bits per heavy atom. The topological polar surface area (TPSA) is 26.3 Å². The van der Waals surface area contributed by atoms with Crippen LogP contribution in [0.25, 0.3) is 5.57 Å². The van der Waals surface area contributed by atoms with Crippen molar-refractivity contribution >= 4 is 11.5 Å². The van der Waals surface area contributed by atoms with Gasteiger partial charge in [0.25, 0.3) is 0 Å². The first kappa shape index (κ1) is 14.1. The highest BCUT2D eigenvalue weighted by Gasteiger charge is 2.10. The summed E-state index contributed by atoms with van der Waals surface area (Å²) >= 11 is 0. The summed E-state index contributed by atoms with van der Waals surface area (Å²) < 4.78 is 4.78. The first-order valence-corrected chi connectivity index (χ1v) is 6.69. The molecule has 102 valence electrons. The van der Waals surface area contributed by atoms with Gasteiger partial charge in [-0.2, -0.15) is 0 Å². The summed E-state index contributed by atoms with van der Waals surface area (Å²) in [5, 5.41) is 0. The number of hydrogen-bond donors (Lipinski definition) is 0. The highest BCUT2D eigenvalue weighted by atomic mass is 16.5. The van der Waals surface area contributed by atoms with Crippen molar-refractivity contribution in [3.63, 3.8) is 0 Å². The predicted molar refractivity (Wildman–Crippen MR) is 81.4 cm³/mol. The molecule has 0 heterocycles. The molecule has 0 amide bonds. The van der Waals surface area contributed by atoms with Crippen molar-refractivity contribution in [3.05, 3.63) is 77.4 Å². The lowest BCUT2D eigenvalue weighted by Crippen LogP contribution is -2.00. The van der Waals surface area contributed by atoms with Crippen molar-refractivity contribution in [1.29, 1.82) is 0 Å². The molecule has 0 unspecified atom stereocenters. The number of hydrogen-bond acceptors (Lipinski definition) is 2. The van der Waals surface area contributed by atoms with Gasteiger partial charge in [-0.05, 0) is 28.7 Å². The fraction of sp³-hybridized carbons (Fsp3) is 0.167. The monoisotopic (exact) mass is 266 g/mol. The Bertz CT molecular complexity index is 612. The van der Waals surface area contributed by atoms with Crippen LogP contribution in [0.5, 0.6) is 0 Å². The van der Waals surface area contributed by atoms with E-state index in [2.05, 4.69) is 13.0 Å². The molecule has 2 heteroatoms. The second kappa shape index (κ2) is 6.71. The first-order chi connectivity index (χ1) is 9.76. The van der Waals surface area contributed by atoms with E-state index in [-0.39, 0.29) is 5.97 Å². The molecule has 0 N–H and O–H groups in total. The highest BCUT2D eigenvalue weighted by Crippen LogP contribution is 2.26.